The number of hydrogen-bond donors (Lipinski definition) is 2. The van der Waals surface area contributed by atoms with Crippen molar-refractivity contribution in [1.29, 1.82) is 0 Å². The number of piperazine rings is 1. The van der Waals surface area contributed by atoms with Gasteiger partial charge in [0.1, 0.15) is 0 Å². The molecule has 0 aliphatic carbocycles. The Morgan fingerprint density at radius 1 is 1.22 bits per heavy atom. The van der Waals surface area contributed by atoms with E-state index in [4.69, 9.17) is 5.73 Å². The molecule has 0 unspecified atom stereocenters. The number of hydrogen-bond acceptors (Lipinski definition) is 6. The number of rotatable bonds is 2. The molecule has 0 spiro atoms. The van der Waals surface area contributed by atoms with Crippen LogP contribution in [0.5, 0.6) is 0 Å². The third-order valence-corrected chi connectivity index (χ3v) is 2.45. The number of carbonyl (C=O) groups excluding carboxylic acids is 2. The summed E-state index contributed by atoms with van der Waals surface area (Å²) in [6, 6.07) is 3.98. The predicted molar refractivity (Wildman–Crippen MR) is 62.9 cm³/mol. The molecule has 2 rings (SSSR count). The molecule has 8 nitrogen and oxygen atoms in total. The predicted octanol–water partition coefficient (Wildman–Crippen LogP) is -0.360. The van der Waals surface area contributed by atoms with Crippen LogP contribution in [0.1, 0.15) is 0 Å². The Morgan fingerprint density at radius 2 is 1.83 bits per heavy atom. The van der Waals surface area contributed by atoms with Crippen LogP contribution in [0, 0.1) is 10.1 Å². The molecule has 94 valence electrons. The number of anilines is 2. The maximum absolute atomic E-state index is 11.2. The Kier molecular flexibility index (Phi) is 2.84. The van der Waals surface area contributed by atoms with Crippen LogP contribution in [0.3, 0.4) is 0 Å². The third kappa shape index (κ3) is 2.37. The van der Waals surface area contributed by atoms with Crippen molar-refractivity contribution in [1.82, 2.24) is 5.32 Å². The summed E-state index contributed by atoms with van der Waals surface area (Å²) in [6.45, 7) is -0.0707. The molecule has 1 saturated heterocycles. The number of nitrogen functional groups attached to an aromatic ring is 1. The molecular formula is C10H10N4O4. The van der Waals surface area contributed by atoms with Gasteiger partial charge < -0.3 is 10.6 Å². The van der Waals surface area contributed by atoms with Gasteiger partial charge in [-0.3, -0.25) is 25.0 Å². The molecule has 1 fully saturated rings. The smallest absolute Gasteiger partial charge is 0.273 e. The number of benzene rings is 1. The summed E-state index contributed by atoms with van der Waals surface area (Å²) >= 11 is 0. The molecule has 0 bridgehead atoms. The minimum atomic E-state index is -0.578. The number of amides is 2. The minimum Gasteiger partial charge on any atom is -0.398 e. The zero-order valence-corrected chi connectivity index (χ0v) is 9.25. The molecular weight excluding hydrogens is 240 g/mol. The van der Waals surface area contributed by atoms with Gasteiger partial charge in [0.05, 0.1) is 18.0 Å². The zero-order chi connectivity index (χ0) is 13.3. The Balaban J connectivity index is 2.35. The van der Waals surface area contributed by atoms with Crippen LogP contribution < -0.4 is 16.0 Å². The van der Waals surface area contributed by atoms with Crippen LogP contribution in [0.2, 0.25) is 0 Å². The lowest BCUT2D eigenvalue weighted by Crippen LogP contribution is -2.51. The summed E-state index contributed by atoms with van der Waals surface area (Å²) in [5.41, 5.74) is 5.96. The lowest BCUT2D eigenvalue weighted by molar-refractivity contribution is -0.384. The number of carbonyl (C=O) groups is 2. The molecule has 0 aromatic heterocycles. The highest BCUT2D eigenvalue weighted by Crippen LogP contribution is 2.25. The van der Waals surface area contributed by atoms with Crippen LogP contribution in [-0.4, -0.2) is 29.8 Å². The molecule has 1 aromatic carbocycles. The quantitative estimate of drug-likeness (QED) is 0.320. The van der Waals surface area contributed by atoms with Crippen molar-refractivity contribution >= 4 is 28.9 Å². The maximum atomic E-state index is 11.2. The standard InChI is InChI=1S/C10H10N4O4/c11-6-1-7(3-8(2-6)14(17)18)13-4-9(15)12-10(16)5-13/h1-3H,4-5,11H2,(H,12,15,16). The maximum Gasteiger partial charge on any atom is 0.273 e. The first-order chi connectivity index (χ1) is 8.45. The number of nitrogens with one attached hydrogen (secondary N) is 1. The second-order valence-corrected chi connectivity index (χ2v) is 3.87. The molecule has 0 saturated carbocycles. The van der Waals surface area contributed by atoms with E-state index in [9.17, 15) is 19.7 Å². The molecule has 1 heterocycles. The van der Waals surface area contributed by atoms with Crippen LogP contribution >= 0.6 is 0 Å². The van der Waals surface area contributed by atoms with Crippen molar-refractivity contribution in [2.24, 2.45) is 0 Å². The summed E-state index contributed by atoms with van der Waals surface area (Å²) < 4.78 is 0. The Bertz CT molecular complexity index is 527. The Hall–Kier alpha value is -2.64. The average molecular weight is 250 g/mol. The zero-order valence-electron chi connectivity index (χ0n) is 9.25. The van der Waals surface area contributed by atoms with Crippen molar-refractivity contribution in [2.75, 3.05) is 23.7 Å². The molecule has 0 radical (unpaired) electrons. The van der Waals surface area contributed by atoms with E-state index in [-0.39, 0.29) is 24.5 Å². The first-order valence-electron chi connectivity index (χ1n) is 5.08. The first-order valence-corrected chi connectivity index (χ1v) is 5.08. The monoisotopic (exact) mass is 250 g/mol. The summed E-state index contributed by atoms with van der Waals surface area (Å²) in [4.78, 5) is 34.0. The number of nitrogens with two attached hydrogens (primary N) is 1. The minimum absolute atomic E-state index is 0.0354. The van der Waals surface area contributed by atoms with E-state index in [1.54, 1.807) is 0 Å². The molecule has 1 aliphatic heterocycles. The lowest BCUT2D eigenvalue weighted by atomic mass is 10.2. The molecule has 18 heavy (non-hydrogen) atoms. The van der Waals surface area contributed by atoms with E-state index in [0.717, 1.165) is 0 Å². The SMILES string of the molecule is Nc1cc(N2CC(=O)NC(=O)C2)cc([N+](=O)[O-])c1. The van der Waals surface area contributed by atoms with Crippen LogP contribution in [0.25, 0.3) is 0 Å². The summed E-state index contributed by atoms with van der Waals surface area (Å²) in [5, 5.41) is 12.8. The Labute approximate surface area is 102 Å². The van der Waals surface area contributed by atoms with Crippen molar-refractivity contribution < 1.29 is 14.5 Å². The molecule has 2 amide bonds. The summed E-state index contributed by atoms with van der Waals surface area (Å²) in [7, 11) is 0. The van der Waals surface area contributed by atoms with Crippen LogP contribution in [-0.2, 0) is 9.59 Å². The average Bonchev–Trinajstić information content (AvgIpc) is 2.26. The third-order valence-electron chi connectivity index (χ3n) is 2.45. The fourth-order valence-electron chi connectivity index (χ4n) is 1.73. The van der Waals surface area contributed by atoms with Crippen molar-refractivity contribution in [2.45, 2.75) is 0 Å². The lowest BCUT2D eigenvalue weighted by Gasteiger charge is -2.27. The van der Waals surface area contributed by atoms with Crippen molar-refractivity contribution in [3.05, 3.63) is 28.3 Å². The molecule has 8 heteroatoms. The van der Waals surface area contributed by atoms with Gasteiger partial charge in [-0.2, -0.15) is 0 Å². The van der Waals surface area contributed by atoms with Crippen molar-refractivity contribution in [3.63, 3.8) is 0 Å². The van der Waals surface area contributed by atoms with Gasteiger partial charge in [0.15, 0.2) is 0 Å². The van der Waals surface area contributed by atoms with Crippen LogP contribution in [0.4, 0.5) is 17.1 Å². The van der Waals surface area contributed by atoms with Gasteiger partial charge in [-0.05, 0) is 6.07 Å². The highest BCUT2D eigenvalue weighted by atomic mass is 16.6. The van der Waals surface area contributed by atoms with E-state index in [2.05, 4.69) is 5.32 Å². The number of non-ortho nitro benzene ring substituents is 1. The fourth-order valence-corrected chi connectivity index (χ4v) is 1.73. The highest BCUT2D eigenvalue weighted by Gasteiger charge is 2.24. The number of imide groups is 1. The van der Waals surface area contributed by atoms with Crippen molar-refractivity contribution in [3.8, 4) is 0 Å². The van der Waals surface area contributed by atoms with E-state index >= 15 is 0 Å². The highest BCUT2D eigenvalue weighted by molar-refractivity contribution is 6.02. The van der Waals surface area contributed by atoms with E-state index in [1.165, 1.54) is 23.1 Å². The molecule has 1 aliphatic rings. The van der Waals surface area contributed by atoms with Gasteiger partial charge in [0.25, 0.3) is 5.69 Å². The molecule has 1 aromatic rings. The van der Waals surface area contributed by atoms with E-state index in [0.29, 0.717) is 5.69 Å². The van der Waals surface area contributed by atoms with Gasteiger partial charge in [0.2, 0.25) is 11.8 Å². The van der Waals surface area contributed by atoms with E-state index in [1.807, 2.05) is 0 Å². The first kappa shape index (κ1) is 11.8. The van der Waals surface area contributed by atoms with Gasteiger partial charge in [-0.25, -0.2) is 0 Å². The fraction of sp³-hybridized carbons (Fsp3) is 0.200. The normalized spacial score (nSPS) is 15.4. The second kappa shape index (κ2) is 4.32. The summed E-state index contributed by atoms with van der Waals surface area (Å²) in [6.07, 6.45) is 0. The topological polar surface area (TPSA) is 119 Å². The second-order valence-electron chi connectivity index (χ2n) is 3.87. The molecule has 3 N–H and O–H groups in total. The van der Waals surface area contributed by atoms with Crippen LogP contribution in [0.15, 0.2) is 18.2 Å². The van der Waals surface area contributed by atoms with Gasteiger partial charge in [0, 0.05) is 23.5 Å². The number of nitro benzene ring substituents is 1. The Morgan fingerprint density at radius 3 is 2.39 bits per heavy atom. The van der Waals surface area contributed by atoms with Gasteiger partial charge in [-0.1, -0.05) is 0 Å². The van der Waals surface area contributed by atoms with Gasteiger partial charge in [-0.15, -0.1) is 0 Å². The summed E-state index contributed by atoms with van der Waals surface area (Å²) in [5.74, 6) is -0.896. The number of nitrogens with zero attached hydrogens (tertiary/aromatic N) is 2. The van der Waals surface area contributed by atoms with E-state index < -0.39 is 16.7 Å². The number of nitro groups is 1. The largest absolute Gasteiger partial charge is 0.398 e. The van der Waals surface area contributed by atoms with Gasteiger partial charge >= 0.3 is 0 Å². The molecule has 0 atom stereocenters.